The van der Waals surface area contributed by atoms with Crippen molar-refractivity contribution >= 4 is 5.78 Å². The number of ether oxygens (including phenoxy) is 1. The summed E-state index contributed by atoms with van der Waals surface area (Å²) in [5.74, 6) is 0.317. The van der Waals surface area contributed by atoms with Gasteiger partial charge >= 0.3 is 0 Å². The van der Waals surface area contributed by atoms with Gasteiger partial charge < -0.3 is 4.74 Å². The van der Waals surface area contributed by atoms with Crippen molar-refractivity contribution in [2.24, 2.45) is 5.92 Å². The topological polar surface area (TPSA) is 52.1 Å². The molecule has 114 valence electrons. The van der Waals surface area contributed by atoms with Gasteiger partial charge in [-0.25, -0.2) is 0 Å². The summed E-state index contributed by atoms with van der Waals surface area (Å²) < 4.78 is 6.10. The minimum atomic E-state index is -0.0275. The summed E-state index contributed by atoms with van der Waals surface area (Å²) in [6, 6.07) is 1.88. The standard InChI is InChI=1S/C17H24N2O2/c1-12-10-15(13(2)19-18-12)16(20)14-6-9-21-17(11-14)7-4-3-5-8-17/h10,14H,3-9,11H2,1-2H3. The van der Waals surface area contributed by atoms with E-state index in [1.807, 2.05) is 19.9 Å². The smallest absolute Gasteiger partial charge is 0.168 e. The Morgan fingerprint density at radius 3 is 2.76 bits per heavy atom. The van der Waals surface area contributed by atoms with Crippen LogP contribution in [0.1, 0.15) is 66.7 Å². The lowest BCUT2D eigenvalue weighted by Gasteiger charge is -2.43. The predicted molar refractivity (Wildman–Crippen MR) is 80.3 cm³/mol. The molecule has 1 aromatic rings. The number of hydrogen-bond acceptors (Lipinski definition) is 4. The molecule has 1 saturated carbocycles. The van der Waals surface area contributed by atoms with Crippen LogP contribution in [0.25, 0.3) is 0 Å². The second kappa shape index (κ2) is 5.84. The molecule has 3 rings (SSSR count). The molecule has 2 aliphatic rings. The van der Waals surface area contributed by atoms with E-state index >= 15 is 0 Å². The number of carbonyl (C=O) groups excluding carboxylic acids is 1. The Hall–Kier alpha value is -1.29. The quantitative estimate of drug-likeness (QED) is 0.783. The SMILES string of the molecule is Cc1cc(C(=O)C2CCOC3(CCCCC3)C2)c(C)nn1. The van der Waals surface area contributed by atoms with Gasteiger partial charge in [0.1, 0.15) is 0 Å². The van der Waals surface area contributed by atoms with Gasteiger partial charge in [0.15, 0.2) is 5.78 Å². The van der Waals surface area contributed by atoms with Crippen LogP contribution in [0.2, 0.25) is 0 Å². The minimum Gasteiger partial charge on any atom is -0.375 e. The van der Waals surface area contributed by atoms with Crippen LogP contribution in [0, 0.1) is 19.8 Å². The molecular formula is C17H24N2O2. The maximum absolute atomic E-state index is 12.9. The van der Waals surface area contributed by atoms with Crippen molar-refractivity contribution in [3.05, 3.63) is 23.0 Å². The lowest BCUT2D eigenvalue weighted by atomic mass is 9.74. The predicted octanol–water partition coefficient (Wildman–Crippen LogP) is 3.41. The molecule has 2 fully saturated rings. The molecule has 2 heterocycles. The number of carbonyl (C=O) groups is 1. The fourth-order valence-corrected chi connectivity index (χ4v) is 3.82. The number of hydrogen-bond donors (Lipinski definition) is 0. The third kappa shape index (κ3) is 3.00. The molecule has 0 amide bonds. The van der Waals surface area contributed by atoms with Crippen LogP contribution in [0.3, 0.4) is 0 Å². The largest absolute Gasteiger partial charge is 0.375 e. The first-order chi connectivity index (χ1) is 10.1. The first-order valence-electron chi connectivity index (χ1n) is 8.09. The molecule has 1 atom stereocenters. The summed E-state index contributed by atoms with van der Waals surface area (Å²) in [5.41, 5.74) is 2.28. The third-order valence-electron chi connectivity index (χ3n) is 4.99. The minimum absolute atomic E-state index is 0.0275. The molecule has 4 nitrogen and oxygen atoms in total. The van der Waals surface area contributed by atoms with Crippen molar-refractivity contribution in [3.63, 3.8) is 0 Å². The number of rotatable bonds is 2. The molecular weight excluding hydrogens is 264 g/mol. The van der Waals surface area contributed by atoms with Crippen molar-refractivity contribution < 1.29 is 9.53 Å². The average molecular weight is 288 g/mol. The van der Waals surface area contributed by atoms with E-state index in [0.717, 1.165) is 42.6 Å². The Bertz CT molecular complexity index is 530. The second-order valence-electron chi connectivity index (χ2n) is 6.63. The Morgan fingerprint density at radius 2 is 2.00 bits per heavy atom. The third-order valence-corrected chi connectivity index (χ3v) is 4.99. The fourth-order valence-electron chi connectivity index (χ4n) is 3.82. The van der Waals surface area contributed by atoms with Crippen LogP contribution < -0.4 is 0 Å². The van der Waals surface area contributed by atoms with Crippen LogP contribution >= 0.6 is 0 Å². The Morgan fingerprint density at radius 1 is 1.24 bits per heavy atom. The van der Waals surface area contributed by atoms with Crippen LogP contribution in [0.4, 0.5) is 0 Å². The van der Waals surface area contributed by atoms with E-state index in [2.05, 4.69) is 10.2 Å². The zero-order chi connectivity index (χ0) is 14.9. The molecule has 0 radical (unpaired) electrons. The molecule has 21 heavy (non-hydrogen) atoms. The lowest BCUT2D eigenvalue weighted by Crippen LogP contribution is -2.43. The summed E-state index contributed by atoms with van der Waals surface area (Å²) in [4.78, 5) is 12.9. The summed E-state index contributed by atoms with van der Waals surface area (Å²) in [6.45, 7) is 4.47. The van der Waals surface area contributed by atoms with E-state index in [9.17, 15) is 4.79 Å². The Balaban J connectivity index is 1.79. The zero-order valence-corrected chi connectivity index (χ0v) is 13.0. The number of ketones is 1. The maximum Gasteiger partial charge on any atom is 0.168 e. The molecule has 1 spiro atoms. The van der Waals surface area contributed by atoms with E-state index < -0.39 is 0 Å². The van der Waals surface area contributed by atoms with Gasteiger partial charge in [-0.2, -0.15) is 10.2 Å². The molecule has 1 aliphatic carbocycles. The summed E-state index contributed by atoms with van der Waals surface area (Å²) in [7, 11) is 0. The maximum atomic E-state index is 12.9. The Labute approximate surface area is 126 Å². The normalized spacial score (nSPS) is 25.0. The summed E-state index contributed by atoms with van der Waals surface area (Å²) in [6.07, 6.45) is 7.71. The number of nitrogens with zero attached hydrogens (tertiary/aromatic N) is 2. The lowest BCUT2D eigenvalue weighted by molar-refractivity contribution is -0.111. The highest BCUT2D eigenvalue weighted by Gasteiger charge is 2.41. The summed E-state index contributed by atoms with van der Waals surface area (Å²) >= 11 is 0. The van der Waals surface area contributed by atoms with Crippen molar-refractivity contribution in [2.75, 3.05) is 6.61 Å². The first kappa shape index (κ1) is 14.6. The van der Waals surface area contributed by atoms with Crippen molar-refractivity contribution in [1.29, 1.82) is 0 Å². The van der Waals surface area contributed by atoms with E-state index in [1.165, 1.54) is 19.3 Å². The molecule has 0 N–H and O–H groups in total. The molecule has 4 heteroatoms. The molecule has 0 aromatic carbocycles. The molecule has 1 saturated heterocycles. The highest BCUT2D eigenvalue weighted by molar-refractivity contribution is 5.98. The van der Waals surface area contributed by atoms with Gasteiger partial charge in [-0.3, -0.25) is 4.79 Å². The second-order valence-corrected chi connectivity index (χ2v) is 6.63. The molecule has 0 bridgehead atoms. The van der Waals surface area contributed by atoms with Crippen molar-refractivity contribution in [2.45, 2.75) is 64.4 Å². The van der Waals surface area contributed by atoms with Gasteiger partial charge in [0.05, 0.1) is 17.0 Å². The number of Topliss-reactive ketones (excluding diaryl/α,β-unsaturated/α-hetero) is 1. The highest BCUT2D eigenvalue weighted by atomic mass is 16.5. The van der Waals surface area contributed by atoms with Gasteiger partial charge in [-0.05, 0) is 45.6 Å². The number of aryl methyl sites for hydroxylation is 2. The van der Waals surface area contributed by atoms with E-state index in [-0.39, 0.29) is 17.3 Å². The molecule has 1 aliphatic heterocycles. The molecule has 1 unspecified atom stereocenters. The van der Waals surface area contributed by atoms with Gasteiger partial charge in [-0.1, -0.05) is 19.3 Å². The van der Waals surface area contributed by atoms with Crippen molar-refractivity contribution in [3.8, 4) is 0 Å². The Kier molecular flexibility index (Phi) is 4.07. The average Bonchev–Trinajstić information content (AvgIpc) is 2.50. The van der Waals surface area contributed by atoms with E-state index in [1.54, 1.807) is 0 Å². The number of aromatic nitrogens is 2. The first-order valence-corrected chi connectivity index (χ1v) is 8.09. The van der Waals surface area contributed by atoms with Crippen LogP contribution in [0.5, 0.6) is 0 Å². The van der Waals surface area contributed by atoms with Crippen LogP contribution in [-0.4, -0.2) is 28.2 Å². The zero-order valence-electron chi connectivity index (χ0n) is 13.0. The van der Waals surface area contributed by atoms with E-state index in [4.69, 9.17) is 4.74 Å². The highest BCUT2D eigenvalue weighted by Crippen LogP contribution is 2.41. The van der Waals surface area contributed by atoms with Gasteiger partial charge in [-0.15, -0.1) is 0 Å². The van der Waals surface area contributed by atoms with Gasteiger partial charge in [0.25, 0.3) is 0 Å². The molecule has 1 aromatic heterocycles. The monoisotopic (exact) mass is 288 g/mol. The van der Waals surface area contributed by atoms with Crippen molar-refractivity contribution in [1.82, 2.24) is 10.2 Å². The van der Waals surface area contributed by atoms with E-state index in [0.29, 0.717) is 6.61 Å². The fraction of sp³-hybridized carbons (Fsp3) is 0.706. The summed E-state index contributed by atoms with van der Waals surface area (Å²) in [5, 5.41) is 8.12. The van der Waals surface area contributed by atoms with Crippen LogP contribution in [-0.2, 0) is 4.74 Å². The van der Waals surface area contributed by atoms with Gasteiger partial charge in [0.2, 0.25) is 0 Å². The van der Waals surface area contributed by atoms with Gasteiger partial charge in [0, 0.05) is 18.1 Å². The van der Waals surface area contributed by atoms with Crippen LogP contribution in [0.15, 0.2) is 6.07 Å².